The topological polar surface area (TPSA) is 39.9 Å². The predicted molar refractivity (Wildman–Crippen MR) is 54.9 cm³/mol. The summed E-state index contributed by atoms with van der Waals surface area (Å²) in [6.45, 7) is 9.72. The fourth-order valence-electron chi connectivity index (χ4n) is 1.10. The van der Waals surface area contributed by atoms with Crippen molar-refractivity contribution in [3.63, 3.8) is 0 Å². The molecule has 0 N–H and O–H groups in total. The molecule has 0 aliphatic heterocycles. The van der Waals surface area contributed by atoms with Crippen LogP contribution in [0.1, 0.15) is 39.9 Å². The Morgan fingerprint density at radius 2 is 2.14 bits per heavy atom. The minimum atomic E-state index is -0.122. The monoisotopic (exact) mass is 197 g/mol. The third kappa shape index (κ3) is 3.46. The minimum absolute atomic E-state index is 0.122. The van der Waals surface area contributed by atoms with Crippen LogP contribution in [0, 0.1) is 0 Å². The molecular formula is C10H19N3O. The van der Waals surface area contributed by atoms with E-state index in [4.69, 9.17) is 4.74 Å². The molecule has 0 bridgehead atoms. The Kier molecular flexibility index (Phi) is 3.63. The molecular weight excluding hydrogens is 178 g/mol. The fourth-order valence-corrected chi connectivity index (χ4v) is 1.10. The number of nitrogens with zero attached hydrogens (tertiary/aromatic N) is 3. The molecule has 0 saturated carbocycles. The van der Waals surface area contributed by atoms with Crippen molar-refractivity contribution >= 4 is 0 Å². The summed E-state index contributed by atoms with van der Waals surface area (Å²) in [7, 11) is 0. The van der Waals surface area contributed by atoms with Gasteiger partial charge in [-0.3, -0.25) is 0 Å². The molecule has 0 fully saturated rings. The summed E-state index contributed by atoms with van der Waals surface area (Å²) in [5.41, 5.74) is -0.122. The van der Waals surface area contributed by atoms with Crippen LogP contribution in [0.2, 0.25) is 0 Å². The summed E-state index contributed by atoms with van der Waals surface area (Å²) in [5, 5.41) is 7.90. The normalized spacial score (nSPS) is 12.0. The van der Waals surface area contributed by atoms with Gasteiger partial charge in [0.25, 0.3) is 0 Å². The zero-order valence-corrected chi connectivity index (χ0v) is 9.45. The highest BCUT2D eigenvalue weighted by atomic mass is 16.5. The highest BCUT2D eigenvalue weighted by Crippen LogP contribution is 2.10. The van der Waals surface area contributed by atoms with Crippen LogP contribution in [0.15, 0.2) is 6.33 Å². The first-order valence-corrected chi connectivity index (χ1v) is 5.03. The van der Waals surface area contributed by atoms with Gasteiger partial charge in [-0.05, 0) is 27.2 Å². The van der Waals surface area contributed by atoms with Crippen LogP contribution in [0.5, 0.6) is 0 Å². The lowest BCUT2D eigenvalue weighted by molar-refractivity contribution is -0.0194. The molecule has 1 heterocycles. The second-order valence-electron chi connectivity index (χ2n) is 4.34. The molecule has 0 unspecified atom stereocenters. The zero-order valence-electron chi connectivity index (χ0n) is 9.45. The standard InChI is InChI=1S/C10H19N3O/c1-5-6-13-8-11-12-9(13)7-14-10(2,3)4/h8H,5-7H2,1-4H3. The van der Waals surface area contributed by atoms with Crippen LogP contribution in [0.25, 0.3) is 0 Å². The smallest absolute Gasteiger partial charge is 0.158 e. The maximum Gasteiger partial charge on any atom is 0.158 e. The number of aromatic nitrogens is 3. The van der Waals surface area contributed by atoms with Gasteiger partial charge in [0.2, 0.25) is 0 Å². The summed E-state index contributed by atoms with van der Waals surface area (Å²) in [6.07, 6.45) is 2.84. The number of aryl methyl sites for hydroxylation is 1. The van der Waals surface area contributed by atoms with Crippen molar-refractivity contribution in [1.29, 1.82) is 0 Å². The van der Waals surface area contributed by atoms with E-state index in [0.29, 0.717) is 6.61 Å². The molecule has 0 aliphatic rings. The van der Waals surface area contributed by atoms with E-state index in [2.05, 4.69) is 17.1 Å². The maximum absolute atomic E-state index is 5.64. The average molecular weight is 197 g/mol. The highest BCUT2D eigenvalue weighted by Gasteiger charge is 2.12. The van der Waals surface area contributed by atoms with Crippen molar-refractivity contribution in [1.82, 2.24) is 14.8 Å². The quantitative estimate of drug-likeness (QED) is 0.741. The van der Waals surface area contributed by atoms with E-state index in [1.807, 2.05) is 25.3 Å². The lowest BCUT2D eigenvalue weighted by Crippen LogP contribution is -2.20. The Balaban J connectivity index is 2.53. The van der Waals surface area contributed by atoms with Gasteiger partial charge in [-0.25, -0.2) is 0 Å². The van der Waals surface area contributed by atoms with E-state index in [9.17, 15) is 0 Å². The molecule has 4 nitrogen and oxygen atoms in total. The lowest BCUT2D eigenvalue weighted by Gasteiger charge is -2.19. The first kappa shape index (κ1) is 11.2. The Labute approximate surface area is 85.3 Å². The number of hydrogen-bond donors (Lipinski definition) is 0. The molecule has 4 heteroatoms. The van der Waals surface area contributed by atoms with E-state index in [-0.39, 0.29) is 5.60 Å². The van der Waals surface area contributed by atoms with E-state index >= 15 is 0 Å². The summed E-state index contributed by atoms with van der Waals surface area (Å²) < 4.78 is 7.67. The van der Waals surface area contributed by atoms with Gasteiger partial charge in [-0.15, -0.1) is 10.2 Å². The zero-order chi connectivity index (χ0) is 10.6. The third-order valence-corrected chi connectivity index (χ3v) is 1.79. The molecule has 1 rings (SSSR count). The van der Waals surface area contributed by atoms with Gasteiger partial charge < -0.3 is 9.30 Å². The molecule has 80 valence electrons. The van der Waals surface area contributed by atoms with E-state index in [0.717, 1.165) is 18.8 Å². The van der Waals surface area contributed by atoms with Crippen LogP contribution in [0.4, 0.5) is 0 Å². The molecule has 0 aromatic carbocycles. The minimum Gasteiger partial charge on any atom is -0.368 e. The van der Waals surface area contributed by atoms with Gasteiger partial charge in [-0.2, -0.15) is 0 Å². The number of hydrogen-bond acceptors (Lipinski definition) is 3. The Morgan fingerprint density at radius 1 is 1.43 bits per heavy atom. The van der Waals surface area contributed by atoms with Crippen LogP contribution >= 0.6 is 0 Å². The molecule has 1 aromatic heterocycles. The van der Waals surface area contributed by atoms with E-state index in [1.54, 1.807) is 6.33 Å². The summed E-state index contributed by atoms with van der Waals surface area (Å²) in [4.78, 5) is 0. The van der Waals surface area contributed by atoms with Crippen molar-refractivity contribution in [2.75, 3.05) is 0 Å². The molecule has 1 aromatic rings. The summed E-state index contributed by atoms with van der Waals surface area (Å²) in [6, 6.07) is 0. The van der Waals surface area contributed by atoms with Crippen LogP contribution in [-0.4, -0.2) is 20.4 Å². The van der Waals surface area contributed by atoms with Crippen molar-refractivity contribution in [3.8, 4) is 0 Å². The van der Waals surface area contributed by atoms with Crippen molar-refractivity contribution in [3.05, 3.63) is 12.2 Å². The SMILES string of the molecule is CCCn1cnnc1COC(C)(C)C. The molecule has 0 aliphatic carbocycles. The van der Waals surface area contributed by atoms with Crippen molar-refractivity contribution in [2.45, 2.75) is 52.9 Å². The van der Waals surface area contributed by atoms with Gasteiger partial charge >= 0.3 is 0 Å². The second kappa shape index (κ2) is 4.55. The lowest BCUT2D eigenvalue weighted by atomic mass is 10.2. The second-order valence-corrected chi connectivity index (χ2v) is 4.34. The first-order valence-electron chi connectivity index (χ1n) is 5.03. The highest BCUT2D eigenvalue weighted by molar-refractivity contribution is 4.83. The van der Waals surface area contributed by atoms with Gasteiger partial charge in [-0.1, -0.05) is 6.92 Å². The molecule has 0 atom stereocenters. The fraction of sp³-hybridized carbons (Fsp3) is 0.800. The van der Waals surface area contributed by atoms with Crippen molar-refractivity contribution < 1.29 is 4.74 Å². The van der Waals surface area contributed by atoms with Gasteiger partial charge in [0.1, 0.15) is 12.9 Å². The Hall–Kier alpha value is -0.900. The summed E-state index contributed by atoms with van der Waals surface area (Å²) in [5.74, 6) is 0.904. The van der Waals surface area contributed by atoms with Crippen LogP contribution in [-0.2, 0) is 17.9 Å². The third-order valence-electron chi connectivity index (χ3n) is 1.79. The summed E-state index contributed by atoms with van der Waals surface area (Å²) >= 11 is 0. The van der Waals surface area contributed by atoms with Crippen molar-refractivity contribution in [2.24, 2.45) is 0 Å². The predicted octanol–water partition coefficient (Wildman–Crippen LogP) is 2.00. The molecule has 14 heavy (non-hydrogen) atoms. The molecule has 0 amide bonds. The number of ether oxygens (including phenoxy) is 1. The largest absolute Gasteiger partial charge is 0.368 e. The average Bonchev–Trinajstić information content (AvgIpc) is 2.48. The maximum atomic E-state index is 5.64. The number of rotatable bonds is 4. The van der Waals surface area contributed by atoms with E-state index < -0.39 is 0 Å². The molecule has 0 spiro atoms. The van der Waals surface area contributed by atoms with Crippen LogP contribution < -0.4 is 0 Å². The first-order chi connectivity index (χ1) is 6.53. The van der Waals surface area contributed by atoms with Crippen LogP contribution in [0.3, 0.4) is 0 Å². The Morgan fingerprint density at radius 3 is 2.71 bits per heavy atom. The van der Waals surface area contributed by atoms with Gasteiger partial charge in [0.15, 0.2) is 5.82 Å². The van der Waals surface area contributed by atoms with Gasteiger partial charge in [0.05, 0.1) is 5.60 Å². The van der Waals surface area contributed by atoms with E-state index in [1.165, 1.54) is 0 Å². The molecule has 0 radical (unpaired) electrons. The van der Waals surface area contributed by atoms with Gasteiger partial charge in [0, 0.05) is 6.54 Å². The molecule has 0 saturated heterocycles. The Bertz CT molecular complexity index is 275.